The highest BCUT2D eigenvalue weighted by Crippen LogP contribution is 2.22. The maximum Gasteiger partial charge on any atom is 0.253 e. The van der Waals surface area contributed by atoms with E-state index in [1.165, 1.54) is 44.9 Å². The molecule has 2 amide bonds. The molecule has 0 atom stereocenters. The Bertz CT molecular complexity index is 619. The summed E-state index contributed by atoms with van der Waals surface area (Å²) in [5.74, 6) is -0.146. The van der Waals surface area contributed by atoms with Crippen LogP contribution in [0.1, 0.15) is 68.1 Å². The molecule has 2 aliphatic carbocycles. The van der Waals surface area contributed by atoms with Crippen LogP contribution in [0.5, 0.6) is 0 Å². The van der Waals surface area contributed by atoms with Crippen molar-refractivity contribution in [2.24, 2.45) is 0 Å². The van der Waals surface area contributed by atoms with E-state index in [1.807, 2.05) is 25.2 Å². The van der Waals surface area contributed by atoms with Crippen LogP contribution in [0.3, 0.4) is 0 Å². The fourth-order valence-corrected chi connectivity index (χ4v) is 4.19. The summed E-state index contributed by atoms with van der Waals surface area (Å²) < 4.78 is 0. The Balaban J connectivity index is 1.58. The number of rotatable bonds is 6. The zero-order valence-electron chi connectivity index (χ0n) is 15.8. The predicted octanol–water partition coefficient (Wildman–Crippen LogP) is 3.56. The van der Waals surface area contributed by atoms with E-state index in [4.69, 9.17) is 0 Å². The molecule has 5 nitrogen and oxygen atoms in total. The number of amides is 2. The summed E-state index contributed by atoms with van der Waals surface area (Å²) >= 11 is 0. The molecule has 26 heavy (non-hydrogen) atoms. The topological polar surface area (TPSA) is 61.4 Å². The summed E-state index contributed by atoms with van der Waals surface area (Å²) in [4.78, 5) is 27.2. The third-order valence-corrected chi connectivity index (χ3v) is 5.73. The molecule has 2 fully saturated rings. The lowest BCUT2D eigenvalue weighted by Gasteiger charge is -2.30. The average Bonchev–Trinajstić information content (AvgIpc) is 3.15. The van der Waals surface area contributed by atoms with Gasteiger partial charge in [0, 0.05) is 12.1 Å². The molecule has 2 aliphatic rings. The largest absolute Gasteiger partial charge is 0.349 e. The van der Waals surface area contributed by atoms with Crippen LogP contribution in [0.2, 0.25) is 0 Å². The van der Waals surface area contributed by atoms with Gasteiger partial charge in [-0.3, -0.25) is 14.5 Å². The van der Waals surface area contributed by atoms with E-state index in [0.717, 1.165) is 12.8 Å². The van der Waals surface area contributed by atoms with E-state index >= 15 is 0 Å². The van der Waals surface area contributed by atoms with Crippen LogP contribution in [-0.2, 0) is 4.79 Å². The van der Waals surface area contributed by atoms with E-state index in [1.54, 1.807) is 6.07 Å². The number of nitrogens with zero attached hydrogens (tertiary/aromatic N) is 1. The first kappa shape index (κ1) is 18.9. The minimum atomic E-state index is -0.0894. The average molecular weight is 357 g/mol. The van der Waals surface area contributed by atoms with Gasteiger partial charge in [-0.1, -0.05) is 44.2 Å². The van der Waals surface area contributed by atoms with Crippen molar-refractivity contribution in [3.63, 3.8) is 0 Å². The van der Waals surface area contributed by atoms with Crippen molar-refractivity contribution in [3.05, 3.63) is 29.8 Å². The normalized spacial score (nSPS) is 18.8. The molecule has 0 aliphatic heterocycles. The third kappa shape index (κ3) is 5.07. The van der Waals surface area contributed by atoms with Crippen LogP contribution in [0.4, 0.5) is 5.69 Å². The number of hydrogen-bond acceptors (Lipinski definition) is 3. The Labute approximate surface area is 156 Å². The summed E-state index contributed by atoms with van der Waals surface area (Å²) in [7, 11) is 2.02. The molecule has 3 rings (SSSR count). The molecule has 0 saturated heterocycles. The first-order valence-electron chi connectivity index (χ1n) is 10.0. The molecule has 0 bridgehead atoms. The van der Waals surface area contributed by atoms with Gasteiger partial charge < -0.3 is 10.6 Å². The van der Waals surface area contributed by atoms with Gasteiger partial charge in [0.15, 0.2) is 0 Å². The zero-order valence-corrected chi connectivity index (χ0v) is 15.8. The standard InChI is InChI=1S/C21H31N3O2/c1-24(17-11-3-2-4-12-17)15-20(25)23-19-14-8-7-13-18(19)21(26)22-16-9-5-6-10-16/h7-8,13-14,16-17H,2-6,9-12,15H2,1H3,(H,22,26)(H,23,25). The second kappa shape index (κ2) is 9.17. The highest BCUT2D eigenvalue weighted by molar-refractivity contribution is 6.04. The van der Waals surface area contributed by atoms with Gasteiger partial charge in [-0.2, -0.15) is 0 Å². The van der Waals surface area contributed by atoms with Gasteiger partial charge in [0.25, 0.3) is 5.91 Å². The lowest BCUT2D eigenvalue weighted by Crippen LogP contribution is -2.39. The molecule has 0 aromatic heterocycles. The van der Waals surface area contributed by atoms with Crippen LogP contribution in [-0.4, -0.2) is 42.4 Å². The monoisotopic (exact) mass is 357 g/mol. The number of hydrogen-bond donors (Lipinski definition) is 2. The summed E-state index contributed by atoms with van der Waals surface area (Å²) in [6.45, 7) is 0.364. The molecule has 0 spiro atoms. The van der Waals surface area contributed by atoms with Gasteiger partial charge in [0.1, 0.15) is 0 Å². The Morgan fingerprint density at radius 1 is 1.00 bits per heavy atom. The van der Waals surface area contributed by atoms with Crippen LogP contribution < -0.4 is 10.6 Å². The van der Waals surface area contributed by atoms with E-state index in [-0.39, 0.29) is 17.9 Å². The minimum absolute atomic E-state index is 0.0563. The summed E-state index contributed by atoms with van der Waals surface area (Å²) in [6.07, 6.45) is 10.6. The molecule has 0 heterocycles. The highest BCUT2D eigenvalue weighted by atomic mass is 16.2. The lowest BCUT2D eigenvalue weighted by molar-refractivity contribution is -0.117. The van der Waals surface area contributed by atoms with Crippen molar-refractivity contribution >= 4 is 17.5 Å². The molecule has 1 aromatic carbocycles. The van der Waals surface area contributed by atoms with Gasteiger partial charge in [0.2, 0.25) is 5.91 Å². The van der Waals surface area contributed by atoms with E-state index in [2.05, 4.69) is 15.5 Å². The molecule has 142 valence electrons. The van der Waals surface area contributed by atoms with Crippen LogP contribution in [0.25, 0.3) is 0 Å². The Kier molecular flexibility index (Phi) is 6.67. The fourth-order valence-electron chi connectivity index (χ4n) is 4.19. The molecule has 5 heteroatoms. The molecule has 1 aromatic rings. The minimum Gasteiger partial charge on any atom is -0.349 e. The number of carbonyl (C=O) groups excluding carboxylic acids is 2. The number of anilines is 1. The van der Waals surface area contributed by atoms with Gasteiger partial charge in [0.05, 0.1) is 17.8 Å². The summed E-state index contributed by atoms with van der Waals surface area (Å²) in [5, 5.41) is 6.05. The van der Waals surface area contributed by atoms with Crippen molar-refractivity contribution < 1.29 is 9.59 Å². The van der Waals surface area contributed by atoms with E-state index in [9.17, 15) is 9.59 Å². The summed E-state index contributed by atoms with van der Waals surface area (Å²) in [6, 6.07) is 8.05. The number of nitrogens with one attached hydrogen (secondary N) is 2. The Morgan fingerprint density at radius 2 is 1.65 bits per heavy atom. The van der Waals surface area contributed by atoms with Crippen molar-refractivity contribution in [1.29, 1.82) is 0 Å². The molecule has 2 saturated carbocycles. The first-order chi connectivity index (χ1) is 12.6. The van der Waals surface area contributed by atoms with Gasteiger partial charge in [-0.15, -0.1) is 0 Å². The molecule has 2 N–H and O–H groups in total. The number of likely N-dealkylation sites (N-methyl/N-ethyl adjacent to an activating group) is 1. The van der Waals surface area contributed by atoms with Crippen LogP contribution in [0, 0.1) is 0 Å². The fraction of sp³-hybridized carbons (Fsp3) is 0.619. The molecular weight excluding hydrogens is 326 g/mol. The van der Waals surface area contributed by atoms with Gasteiger partial charge in [-0.25, -0.2) is 0 Å². The second-order valence-electron chi connectivity index (χ2n) is 7.76. The maximum atomic E-state index is 12.6. The zero-order chi connectivity index (χ0) is 18.4. The van der Waals surface area contributed by atoms with Crippen LogP contribution >= 0.6 is 0 Å². The number of para-hydroxylation sites is 1. The quantitative estimate of drug-likeness (QED) is 0.818. The van der Waals surface area contributed by atoms with E-state index < -0.39 is 0 Å². The maximum absolute atomic E-state index is 12.6. The van der Waals surface area contributed by atoms with Crippen molar-refractivity contribution in [3.8, 4) is 0 Å². The highest BCUT2D eigenvalue weighted by Gasteiger charge is 2.22. The van der Waals surface area contributed by atoms with E-state index in [0.29, 0.717) is 23.8 Å². The summed E-state index contributed by atoms with van der Waals surface area (Å²) in [5.41, 5.74) is 1.15. The van der Waals surface area contributed by atoms with Gasteiger partial charge >= 0.3 is 0 Å². The smallest absolute Gasteiger partial charge is 0.253 e. The third-order valence-electron chi connectivity index (χ3n) is 5.73. The SMILES string of the molecule is CN(CC(=O)Nc1ccccc1C(=O)NC1CCCC1)C1CCCCC1. The molecular formula is C21H31N3O2. The number of carbonyl (C=O) groups is 2. The lowest BCUT2D eigenvalue weighted by atomic mass is 9.94. The number of benzene rings is 1. The van der Waals surface area contributed by atoms with Crippen molar-refractivity contribution in [2.45, 2.75) is 69.9 Å². The molecule has 0 radical (unpaired) electrons. The first-order valence-corrected chi connectivity index (χ1v) is 10.0. The van der Waals surface area contributed by atoms with Crippen LogP contribution in [0.15, 0.2) is 24.3 Å². The van der Waals surface area contributed by atoms with Gasteiger partial charge in [-0.05, 0) is 44.9 Å². The van der Waals surface area contributed by atoms with Crippen molar-refractivity contribution in [2.75, 3.05) is 18.9 Å². The Morgan fingerprint density at radius 3 is 2.38 bits per heavy atom. The molecule has 0 unspecified atom stereocenters. The Hall–Kier alpha value is -1.88. The predicted molar refractivity (Wildman–Crippen MR) is 104 cm³/mol. The van der Waals surface area contributed by atoms with Crippen molar-refractivity contribution in [1.82, 2.24) is 10.2 Å². The second-order valence-corrected chi connectivity index (χ2v) is 7.76.